The number of hydrogen-bond donors (Lipinski definition) is 1. The van der Waals surface area contributed by atoms with Crippen LogP contribution in [0.15, 0.2) is 0 Å². The summed E-state index contributed by atoms with van der Waals surface area (Å²) in [6.07, 6.45) is 0. The van der Waals surface area contributed by atoms with Crippen molar-refractivity contribution in [3.63, 3.8) is 0 Å². The van der Waals surface area contributed by atoms with Crippen molar-refractivity contribution in [1.29, 1.82) is 0 Å². The summed E-state index contributed by atoms with van der Waals surface area (Å²) in [4.78, 5) is 0. The van der Waals surface area contributed by atoms with Crippen LogP contribution in [-0.4, -0.2) is 14.2 Å². The summed E-state index contributed by atoms with van der Waals surface area (Å²) in [5.74, 6) is 0. The van der Waals surface area contributed by atoms with Crippen molar-refractivity contribution >= 4 is 24.0 Å². The quantitative estimate of drug-likeness (QED) is 0.336. The Morgan fingerprint density at radius 3 is 2.43 bits per heavy atom. The first kappa shape index (κ1) is 7.42. The van der Waals surface area contributed by atoms with E-state index < -0.39 is 16.8 Å². The lowest BCUT2D eigenvalue weighted by Crippen LogP contribution is -2.01. The average Bonchev–Trinajstić information content (AvgIpc) is 1.27. The predicted octanol–water partition coefficient (Wildman–Crippen LogP) is 0.0729. The molecule has 0 saturated heterocycles. The Hall–Kier alpha value is 0.420. The fourth-order valence-corrected chi connectivity index (χ4v) is 0.552. The summed E-state index contributed by atoms with van der Waals surface area (Å²) in [7, 11) is 0. The molecule has 0 N–H and O–H groups in total. The van der Waals surface area contributed by atoms with Crippen molar-refractivity contribution in [1.82, 2.24) is 0 Å². The van der Waals surface area contributed by atoms with E-state index in [9.17, 15) is 8.76 Å². The van der Waals surface area contributed by atoms with Gasteiger partial charge in [-0.05, 0) is 6.92 Å². The number of hydrogen-bond acceptors (Lipinski definition) is 4. The van der Waals surface area contributed by atoms with Crippen LogP contribution in [0.3, 0.4) is 0 Å². The SMILES string of the molecule is CC(S)OS(=O)[O-]. The Labute approximate surface area is 50.0 Å². The Bertz CT molecular complexity index is 71.3. The zero-order valence-corrected chi connectivity index (χ0v) is 5.37. The fraction of sp³-hybridized carbons (Fsp3) is 1.00. The molecular weight excluding hydrogens is 136 g/mol. The van der Waals surface area contributed by atoms with Crippen LogP contribution in [0.25, 0.3) is 0 Å². The van der Waals surface area contributed by atoms with Crippen LogP contribution in [0, 0.1) is 0 Å². The molecule has 2 atom stereocenters. The van der Waals surface area contributed by atoms with Crippen LogP contribution in [0.2, 0.25) is 0 Å². The van der Waals surface area contributed by atoms with Gasteiger partial charge in [-0.15, -0.1) is 12.6 Å². The number of thiol groups is 1. The molecule has 0 bridgehead atoms. The predicted molar refractivity (Wildman–Crippen MR) is 28.5 cm³/mol. The van der Waals surface area contributed by atoms with Crippen LogP contribution in [0.5, 0.6) is 0 Å². The third-order valence-electron chi connectivity index (χ3n) is 0.218. The largest absolute Gasteiger partial charge is 0.750 e. The molecule has 44 valence electrons. The van der Waals surface area contributed by atoms with Crippen molar-refractivity contribution < 1.29 is 12.9 Å². The minimum atomic E-state index is -2.42. The summed E-state index contributed by atoms with van der Waals surface area (Å²) >= 11 is 1.20. The maximum Gasteiger partial charge on any atom is 0.113 e. The Morgan fingerprint density at radius 1 is 2.00 bits per heavy atom. The highest BCUT2D eigenvalue weighted by Crippen LogP contribution is 1.94. The molecule has 3 nitrogen and oxygen atoms in total. The Morgan fingerprint density at radius 2 is 2.43 bits per heavy atom. The normalized spacial score (nSPS) is 18.7. The van der Waals surface area contributed by atoms with Gasteiger partial charge < -0.3 is 4.55 Å². The zero-order valence-electron chi connectivity index (χ0n) is 3.66. The molecule has 0 radical (unpaired) electrons. The van der Waals surface area contributed by atoms with E-state index in [0.717, 1.165) is 0 Å². The van der Waals surface area contributed by atoms with Crippen LogP contribution < -0.4 is 0 Å². The average molecular weight is 141 g/mol. The van der Waals surface area contributed by atoms with E-state index in [1.165, 1.54) is 6.92 Å². The Kier molecular flexibility index (Phi) is 3.63. The standard InChI is InChI=1S/C2H6O3S2/c1-2(6)5-7(3)4/h2,6H,1H3,(H,3,4)/p-1. The first-order valence-corrected chi connectivity index (χ1v) is 3.09. The molecule has 0 aromatic rings. The molecule has 0 aromatic carbocycles. The monoisotopic (exact) mass is 141 g/mol. The molecule has 0 aromatic heterocycles. The molecule has 0 heterocycles. The molecule has 5 heteroatoms. The van der Waals surface area contributed by atoms with Crippen molar-refractivity contribution in [2.75, 3.05) is 0 Å². The van der Waals surface area contributed by atoms with Crippen molar-refractivity contribution in [3.8, 4) is 0 Å². The maximum absolute atomic E-state index is 9.54. The third-order valence-corrected chi connectivity index (χ3v) is 0.912. The van der Waals surface area contributed by atoms with E-state index in [2.05, 4.69) is 16.8 Å². The topological polar surface area (TPSA) is 49.4 Å². The lowest BCUT2D eigenvalue weighted by atomic mass is 10.9. The van der Waals surface area contributed by atoms with Crippen LogP contribution >= 0.6 is 12.6 Å². The van der Waals surface area contributed by atoms with Gasteiger partial charge in [0.25, 0.3) is 0 Å². The van der Waals surface area contributed by atoms with E-state index in [1.54, 1.807) is 0 Å². The molecule has 0 spiro atoms. The highest BCUT2D eigenvalue weighted by molar-refractivity contribution is 7.81. The molecule has 0 fully saturated rings. The smallest absolute Gasteiger partial charge is 0.113 e. The maximum atomic E-state index is 9.54. The summed E-state index contributed by atoms with van der Waals surface area (Å²) in [5.41, 5.74) is -0.543. The van der Waals surface area contributed by atoms with Gasteiger partial charge in [-0.25, -0.2) is 4.21 Å². The van der Waals surface area contributed by atoms with Crippen molar-refractivity contribution in [3.05, 3.63) is 0 Å². The molecule has 0 saturated carbocycles. The summed E-state index contributed by atoms with van der Waals surface area (Å²) in [5, 5.41) is 0. The van der Waals surface area contributed by atoms with E-state index in [4.69, 9.17) is 0 Å². The van der Waals surface area contributed by atoms with Crippen molar-refractivity contribution in [2.45, 2.75) is 12.4 Å². The zero-order chi connectivity index (χ0) is 5.86. The lowest BCUT2D eigenvalue weighted by Gasteiger charge is -2.06. The minimum Gasteiger partial charge on any atom is -0.750 e. The molecular formula is C2H5O3S2-. The van der Waals surface area contributed by atoms with Gasteiger partial charge in [-0.1, -0.05) is 0 Å². The molecule has 0 amide bonds. The summed E-state index contributed by atoms with van der Waals surface area (Å²) < 4.78 is 23.1. The van der Waals surface area contributed by atoms with Crippen LogP contribution in [0.4, 0.5) is 0 Å². The van der Waals surface area contributed by atoms with Gasteiger partial charge >= 0.3 is 0 Å². The first-order chi connectivity index (χ1) is 3.13. The summed E-state index contributed by atoms with van der Waals surface area (Å²) in [6.45, 7) is 1.51. The molecule has 0 aliphatic heterocycles. The van der Waals surface area contributed by atoms with E-state index in [1.807, 2.05) is 0 Å². The van der Waals surface area contributed by atoms with Gasteiger partial charge in [-0.3, -0.25) is 4.18 Å². The van der Waals surface area contributed by atoms with E-state index in [-0.39, 0.29) is 0 Å². The van der Waals surface area contributed by atoms with Crippen LogP contribution in [0.1, 0.15) is 6.92 Å². The fourth-order valence-electron chi connectivity index (χ4n) is 0.114. The van der Waals surface area contributed by atoms with Gasteiger partial charge in [0.1, 0.15) is 5.44 Å². The highest BCUT2D eigenvalue weighted by Gasteiger charge is 1.89. The van der Waals surface area contributed by atoms with E-state index in [0.29, 0.717) is 0 Å². The van der Waals surface area contributed by atoms with Gasteiger partial charge in [0, 0.05) is 0 Å². The van der Waals surface area contributed by atoms with Crippen molar-refractivity contribution in [2.24, 2.45) is 0 Å². The molecule has 7 heavy (non-hydrogen) atoms. The highest BCUT2D eigenvalue weighted by atomic mass is 32.2. The minimum absolute atomic E-state index is 0.543. The molecule has 0 aliphatic rings. The van der Waals surface area contributed by atoms with Gasteiger partial charge in [-0.2, -0.15) is 0 Å². The van der Waals surface area contributed by atoms with E-state index >= 15 is 0 Å². The van der Waals surface area contributed by atoms with Gasteiger partial charge in [0.15, 0.2) is 0 Å². The van der Waals surface area contributed by atoms with Gasteiger partial charge in [0.05, 0.1) is 11.4 Å². The molecule has 0 rings (SSSR count). The molecule has 0 aliphatic carbocycles. The second-order valence-corrected chi connectivity index (χ2v) is 2.23. The second kappa shape index (κ2) is 3.43. The third kappa shape index (κ3) is 6.42. The first-order valence-electron chi connectivity index (χ1n) is 1.57. The lowest BCUT2D eigenvalue weighted by molar-refractivity contribution is 0.294. The Balaban J connectivity index is 3.13. The summed E-state index contributed by atoms with van der Waals surface area (Å²) in [6, 6.07) is 0. The second-order valence-electron chi connectivity index (χ2n) is 0.900. The van der Waals surface area contributed by atoms with Crippen LogP contribution in [-0.2, 0) is 15.5 Å². The van der Waals surface area contributed by atoms with Gasteiger partial charge in [0.2, 0.25) is 0 Å². The molecule has 2 unspecified atom stereocenters. The number of rotatable bonds is 2.